The highest BCUT2D eigenvalue weighted by Crippen LogP contribution is 2.09. The van der Waals surface area contributed by atoms with Crippen molar-refractivity contribution in [2.45, 2.75) is 39.2 Å². The van der Waals surface area contributed by atoms with Gasteiger partial charge in [0.2, 0.25) is 5.91 Å². The number of amides is 1. The van der Waals surface area contributed by atoms with Crippen LogP contribution in [0.3, 0.4) is 0 Å². The standard InChI is InChI=1S/C10H21N3O3/c1-3-8(4-2)13(5-6-14)10(15)7-9(11)12-16/h8,14,16H,3-7H2,1-2H3,(H2,11,12). The fourth-order valence-electron chi connectivity index (χ4n) is 1.64. The number of amidine groups is 1. The summed E-state index contributed by atoms with van der Waals surface area (Å²) in [5.41, 5.74) is 5.28. The Morgan fingerprint density at radius 1 is 1.44 bits per heavy atom. The molecule has 4 N–H and O–H groups in total. The molecule has 0 spiro atoms. The highest BCUT2D eigenvalue weighted by Gasteiger charge is 2.21. The lowest BCUT2D eigenvalue weighted by molar-refractivity contribution is -0.133. The third-order valence-electron chi connectivity index (χ3n) is 2.51. The maximum Gasteiger partial charge on any atom is 0.230 e. The summed E-state index contributed by atoms with van der Waals surface area (Å²) in [5.74, 6) is -0.336. The third-order valence-corrected chi connectivity index (χ3v) is 2.51. The van der Waals surface area contributed by atoms with Crippen molar-refractivity contribution in [3.05, 3.63) is 0 Å². The van der Waals surface area contributed by atoms with Gasteiger partial charge in [0.05, 0.1) is 13.0 Å². The van der Waals surface area contributed by atoms with Crippen LogP contribution in [-0.4, -0.2) is 46.1 Å². The zero-order chi connectivity index (χ0) is 12.6. The van der Waals surface area contributed by atoms with E-state index in [0.29, 0.717) is 0 Å². The Hall–Kier alpha value is -1.30. The van der Waals surface area contributed by atoms with E-state index in [1.165, 1.54) is 0 Å². The van der Waals surface area contributed by atoms with E-state index in [1.54, 1.807) is 4.90 Å². The predicted molar refractivity (Wildman–Crippen MR) is 61.2 cm³/mol. The molecule has 0 heterocycles. The summed E-state index contributed by atoms with van der Waals surface area (Å²) in [7, 11) is 0. The van der Waals surface area contributed by atoms with Crippen LogP contribution in [0.25, 0.3) is 0 Å². The van der Waals surface area contributed by atoms with Crippen LogP contribution in [0.5, 0.6) is 0 Å². The van der Waals surface area contributed by atoms with Gasteiger partial charge in [-0.25, -0.2) is 0 Å². The molecule has 0 radical (unpaired) electrons. The normalized spacial score (nSPS) is 11.9. The largest absolute Gasteiger partial charge is 0.409 e. The molecule has 16 heavy (non-hydrogen) atoms. The van der Waals surface area contributed by atoms with Gasteiger partial charge in [-0.2, -0.15) is 0 Å². The van der Waals surface area contributed by atoms with Crippen molar-refractivity contribution < 1.29 is 15.1 Å². The number of hydrogen-bond donors (Lipinski definition) is 3. The smallest absolute Gasteiger partial charge is 0.230 e. The van der Waals surface area contributed by atoms with E-state index in [-0.39, 0.29) is 37.4 Å². The molecule has 0 aromatic carbocycles. The molecule has 0 fully saturated rings. The lowest BCUT2D eigenvalue weighted by Gasteiger charge is -2.29. The summed E-state index contributed by atoms with van der Waals surface area (Å²) in [4.78, 5) is 13.4. The van der Waals surface area contributed by atoms with Crippen molar-refractivity contribution in [3.8, 4) is 0 Å². The van der Waals surface area contributed by atoms with Crippen molar-refractivity contribution in [1.82, 2.24) is 4.90 Å². The average Bonchev–Trinajstić information content (AvgIpc) is 2.29. The Morgan fingerprint density at radius 3 is 2.38 bits per heavy atom. The molecule has 0 rings (SSSR count). The number of nitrogens with two attached hydrogens (primary N) is 1. The maximum atomic E-state index is 11.8. The van der Waals surface area contributed by atoms with Gasteiger partial charge in [0.15, 0.2) is 0 Å². The third kappa shape index (κ3) is 4.48. The molecule has 0 bridgehead atoms. The lowest BCUT2D eigenvalue weighted by Crippen LogP contribution is -2.43. The average molecular weight is 231 g/mol. The van der Waals surface area contributed by atoms with E-state index in [0.717, 1.165) is 12.8 Å². The topological polar surface area (TPSA) is 99.2 Å². The number of aliphatic hydroxyl groups excluding tert-OH is 1. The molecule has 0 aromatic heterocycles. The molecule has 6 heteroatoms. The monoisotopic (exact) mass is 231 g/mol. The number of carbonyl (C=O) groups is 1. The van der Waals surface area contributed by atoms with Gasteiger partial charge in [0.1, 0.15) is 5.84 Å². The quantitative estimate of drug-likeness (QED) is 0.251. The summed E-state index contributed by atoms with van der Waals surface area (Å²) >= 11 is 0. The molecule has 0 aliphatic heterocycles. The van der Waals surface area contributed by atoms with E-state index < -0.39 is 0 Å². The molecular formula is C10H21N3O3. The Morgan fingerprint density at radius 2 is 2.00 bits per heavy atom. The maximum absolute atomic E-state index is 11.8. The van der Waals surface area contributed by atoms with Crippen LogP contribution in [0.1, 0.15) is 33.1 Å². The fourth-order valence-corrected chi connectivity index (χ4v) is 1.64. The minimum atomic E-state index is -0.224. The zero-order valence-corrected chi connectivity index (χ0v) is 9.89. The first-order chi connectivity index (χ1) is 7.60. The van der Waals surface area contributed by atoms with Crippen molar-refractivity contribution in [1.29, 1.82) is 0 Å². The second kappa shape index (κ2) is 7.92. The van der Waals surface area contributed by atoms with Crippen molar-refractivity contribution >= 4 is 11.7 Å². The molecule has 0 aromatic rings. The van der Waals surface area contributed by atoms with Crippen molar-refractivity contribution in [3.63, 3.8) is 0 Å². The van der Waals surface area contributed by atoms with Gasteiger partial charge < -0.3 is 20.9 Å². The van der Waals surface area contributed by atoms with E-state index in [9.17, 15) is 4.79 Å². The molecule has 1 amide bonds. The number of nitrogens with zero attached hydrogens (tertiary/aromatic N) is 2. The van der Waals surface area contributed by atoms with Gasteiger partial charge in [0.25, 0.3) is 0 Å². The zero-order valence-electron chi connectivity index (χ0n) is 9.89. The first kappa shape index (κ1) is 14.7. The molecule has 0 aliphatic carbocycles. The Bertz CT molecular complexity index is 239. The van der Waals surface area contributed by atoms with Crippen molar-refractivity contribution in [2.24, 2.45) is 10.9 Å². The first-order valence-electron chi connectivity index (χ1n) is 5.47. The number of carbonyl (C=O) groups excluding carboxylic acids is 1. The summed E-state index contributed by atoms with van der Waals surface area (Å²) in [6.07, 6.45) is 1.52. The highest BCUT2D eigenvalue weighted by atomic mass is 16.4. The van der Waals surface area contributed by atoms with Crippen LogP contribution < -0.4 is 5.73 Å². The van der Waals surface area contributed by atoms with Gasteiger partial charge in [-0.1, -0.05) is 19.0 Å². The van der Waals surface area contributed by atoms with Gasteiger partial charge in [-0.05, 0) is 12.8 Å². The minimum Gasteiger partial charge on any atom is -0.409 e. The second-order valence-electron chi connectivity index (χ2n) is 3.55. The second-order valence-corrected chi connectivity index (χ2v) is 3.55. The van der Waals surface area contributed by atoms with Gasteiger partial charge in [-0.15, -0.1) is 0 Å². The van der Waals surface area contributed by atoms with E-state index >= 15 is 0 Å². The molecule has 6 nitrogen and oxygen atoms in total. The number of rotatable bonds is 7. The Kier molecular flexibility index (Phi) is 7.28. The SMILES string of the molecule is CCC(CC)N(CCO)C(=O)CC(N)=NO. The lowest BCUT2D eigenvalue weighted by atomic mass is 10.1. The molecule has 94 valence electrons. The predicted octanol–water partition coefficient (Wildman–Crippen LogP) is 0.132. The summed E-state index contributed by atoms with van der Waals surface area (Å²) < 4.78 is 0. The van der Waals surface area contributed by atoms with E-state index in [4.69, 9.17) is 16.0 Å². The van der Waals surface area contributed by atoms with Crippen LogP contribution >= 0.6 is 0 Å². The Balaban J connectivity index is 4.56. The van der Waals surface area contributed by atoms with Crippen LogP contribution in [-0.2, 0) is 4.79 Å². The number of hydrogen-bond acceptors (Lipinski definition) is 4. The van der Waals surface area contributed by atoms with Crippen LogP contribution in [0.2, 0.25) is 0 Å². The number of aliphatic hydroxyl groups is 1. The Labute approximate surface area is 95.7 Å². The molecular weight excluding hydrogens is 210 g/mol. The van der Waals surface area contributed by atoms with Crippen LogP contribution in [0, 0.1) is 0 Å². The molecule has 0 saturated heterocycles. The number of oxime groups is 1. The van der Waals surface area contributed by atoms with Gasteiger partial charge >= 0.3 is 0 Å². The molecule has 0 atom stereocenters. The van der Waals surface area contributed by atoms with E-state index in [2.05, 4.69) is 5.16 Å². The summed E-state index contributed by atoms with van der Waals surface area (Å²) in [5, 5.41) is 20.1. The molecule has 0 unspecified atom stereocenters. The summed E-state index contributed by atoms with van der Waals surface area (Å²) in [6, 6.07) is 0.0890. The van der Waals surface area contributed by atoms with E-state index in [1.807, 2.05) is 13.8 Å². The summed E-state index contributed by atoms with van der Waals surface area (Å²) in [6.45, 7) is 4.16. The van der Waals surface area contributed by atoms with Gasteiger partial charge in [-0.3, -0.25) is 4.79 Å². The highest BCUT2D eigenvalue weighted by molar-refractivity contribution is 5.98. The minimum absolute atomic E-state index is 0.0849. The fraction of sp³-hybridized carbons (Fsp3) is 0.800. The molecule has 0 aliphatic rings. The molecule has 0 saturated carbocycles. The van der Waals surface area contributed by atoms with Crippen LogP contribution in [0.15, 0.2) is 5.16 Å². The van der Waals surface area contributed by atoms with Crippen LogP contribution in [0.4, 0.5) is 0 Å². The van der Waals surface area contributed by atoms with Crippen molar-refractivity contribution in [2.75, 3.05) is 13.2 Å². The van der Waals surface area contributed by atoms with Gasteiger partial charge in [0, 0.05) is 12.6 Å². The first-order valence-corrected chi connectivity index (χ1v) is 5.47.